The standard InChI is InChI=1S/C16H12ClN5O5/c1-9-14(15-18-5-2-6-21(15)20-9)16(24)27-8-13(23)19-12-4-3-10(22(25)26)7-11(12)17/h2-7H,8H2,1H3,(H,19,23). The van der Waals surface area contributed by atoms with Gasteiger partial charge in [0, 0.05) is 24.5 Å². The maximum atomic E-state index is 12.3. The average molecular weight is 390 g/mol. The van der Waals surface area contributed by atoms with E-state index in [-0.39, 0.29) is 22.0 Å². The van der Waals surface area contributed by atoms with Crippen LogP contribution in [0.2, 0.25) is 5.02 Å². The van der Waals surface area contributed by atoms with Crippen LogP contribution >= 0.6 is 11.6 Å². The molecule has 1 amide bonds. The van der Waals surface area contributed by atoms with E-state index in [0.29, 0.717) is 11.3 Å². The lowest BCUT2D eigenvalue weighted by atomic mass is 10.2. The van der Waals surface area contributed by atoms with Gasteiger partial charge in [-0.1, -0.05) is 11.6 Å². The van der Waals surface area contributed by atoms with Crippen molar-refractivity contribution >= 4 is 40.5 Å². The molecule has 10 nitrogen and oxygen atoms in total. The van der Waals surface area contributed by atoms with E-state index >= 15 is 0 Å². The molecule has 2 aromatic heterocycles. The van der Waals surface area contributed by atoms with Gasteiger partial charge in [-0.15, -0.1) is 0 Å². The van der Waals surface area contributed by atoms with E-state index in [0.717, 1.165) is 6.07 Å². The van der Waals surface area contributed by atoms with Gasteiger partial charge in [0.05, 0.1) is 21.3 Å². The van der Waals surface area contributed by atoms with Crippen molar-refractivity contribution in [3.63, 3.8) is 0 Å². The Hall–Kier alpha value is -3.53. The van der Waals surface area contributed by atoms with Gasteiger partial charge in [-0.2, -0.15) is 5.10 Å². The summed E-state index contributed by atoms with van der Waals surface area (Å²) in [5, 5.41) is 17.2. The fraction of sp³-hybridized carbons (Fsp3) is 0.125. The molecule has 0 radical (unpaired) electrons. The van der Waals surface area contributed by atoms with E-state index in [9.17, 15) is 19.7 Å². The number of rotatable bonds is 5. The molecule has 0 spiro atoms. The summed E-state index contributed by atoms with van der Waals surface area (Å²) in [5.41, 5.74) is 0.853. The van der Waals surface area contributed by atoms with Crippen molar-refractivity contribution < 1.29 is 19.2 Å². The number of nitro groups is 1. The highest BCUT2D eigenvalue weighted by Gasteiger charge is 2.20. The Bertz CT molecular complexity index is 1060. The second kappa shape index (κ2) is 7.38. The summed E-state index contributed by atoms with van der Waals surface area (Å²) < 4.78 is 6.45. The number of hydrogen-bond donors (Lipinski definition) is 1. The third-order valence-electron chi connectivity index (χ3n) is 3.55. The summed E-state index contributed by atoms with van der Waals surface area (Å²) in [4.78, 5) is 38.4. The minimum atomic E-state index is -0.744. The molecule has 0 aliphatic carbocycles. The predicted octanol–water partition coefficient (Wildman–Crippen LogP) is 2.39. The Balaban J connectivity index is 1.66. The Morgan fingerprint density at radius 1 is 1.41 bits per heavy atom. The zero-order valence-electron chi connectivity index (χ0n) is 13.9. The predicted molar refractivity (Wildman–Crippen MR) is 94.7 cm³/mol. The number of aryl methyl sites for hydroxylation is 1. The van der Waals surface area contributed by atoms with Gasteiger partial charge in [-0.25, -0.2) is 14.3 Å². The molecule has 0 aliphatic rings. The van der Waals surface area contributed by atoms with Crippen molar-refractivity contribution in [2.45, 2.75) is 6.92 Å². The highest BCUT2D eigenvalue weighted by atomic mass is 35.5. The molecule has 0 bridgehead atoms. The number of carbonyl (C=O) groups is 2. The highest BCUT2D eigenvalue weighted by molar-refractivity contribution is 6.34. The van der Waals surface area contributed by atoms with Gasteiger partial charge in [-0.3, -0.25) is 14.9 Å². The maximum Gasteiger partial charge on any atom is 0.344 e. The Labute approximate surface area is 156 Å². The monoisotopic (exact) mass is 389 g/mol. The molecular weight excluding hydrogens is 378 g/mol. The van der Waals surface area contributed by atoms with Crippen LogP contribution in [-0.2, 0) is 9.53 Å². The average Bonchev–Trinajstić information content (AvgIpc) is 2.97. The van der Waals surface area contributed by atoms with E-state index in [1.165, 1.54) is 22.8 Å². The zero-order valence-corrected chi connectivity index (χ0v) is 14.6. The molecule has 0 aliphatic heterocycles. The molecule has 0 unspecified atom stereocenters. The lowest BCUT2D eigenvalue weighted by Crippen LogP contribution is -2.21. The number of halogens is 1. The van der Waals surface area contributed by atoms with E-state index in [1.54, 1.807) is 19.2 Å². The normalized spacial score (nSPS) is 10.6. The van der Waals surface area contributed by atoms with Gasteiger partial charge in [-0.05, 0) is 19.1 Å². The Morgan fingerprint density at radius 2 is 2.19 bits per heavy atom. The number of ether oxygens (including phenoxy) is 1. The quantitative estimate of drug-likeness (QED) is 0.403. The first-order chi connectivity index (χ1) is 12.9. The van der Waals surface area contributed by atoms with Gasteiger partial charge in [0.2, 0.25) is 0 Å². The number of fused-ring (bicyclic) bond motifs is 1. The molecule has 0 saturated heterocycles. The first-order valence-corrected chi connectivity index (χ1v) is 7.95. The summed E-state index contributed by atoms with van der Waals surface area (Å²) in [7, 11) is 0. The Kier molecular flexibility index (Phi) is 4.99. The van der Waals surface area contributed by atoms with Crippen LogP contribution in [0.4, 0.5) is 11.4 Å². The number of nitrogens with zero attached hydrogens (tertiary/aromatic N) is 4. The molecule has 0 saturated carbocycles. The summed E-state index contributed by atoms with van der Waals surface area (Å²) >= 11 is 5.90. The van der Waals surface area contributed by atoms with Crippen LogP contribution in [0, 0.1) is 17.0 Å². The SMILES string of the molecule is Cc1nn2cccnc2c1C(=O)OCC(=O)Nc1ccc([N+](=O)[O-])cc1Cl. The van der Waals surface area contributed by atoms with Crippen molar-refractivity contribution in [2.75, 3.05) is 11.9 Å². The Morgan fingerprint density at radius 3 is 2.89 bits per heavy atom. The number of carbonyl (C=O) groups excluding carboxylic acids is 2. The third kappa shape index (κ3) is 3.85. The van der Waals surface area contributed by atoms with Gasteiger partial charge in [0.15, 0.2) is 12.3 Å². The summed E-state index contributed by atoms with van der Waals surface area (Å²) in [6.45, 7) is 1.05. The van der Waals surface area contributed by atoms with Crippen LogP contribution in [0.1, 0.15) is 16.1 Å². The van der Waals surface area contributed by atoms with Crippen LogP contribution in [0.3, 0.4) is 0 Å². The number of benzene rings is 1. The van der Waals surface area contributed by atoms with Gasteiger partial charge < -0.3 is 10.1 Å². The molecule has 0 atom stereocenters. The summed E-state index contributed by atoms with van der Waals surface area (Å²) in [6.07, 6.45) is 3.14. The number of esters is 1. The van der Waals surface area contributed by atoms with Crippen molar-refractivity contribution in [1.82, 2.24) is 14.6 Å². The first-order valence-electron chi connectivity index (χ1n) is 7.57. The fourth-order valence-electron chi connectivity index (χ4n) is 2.34. The highest BCUT2D eigenvalue weighted by Crippen LogP contribution is 2.26. The maximum absolute atomic E-state index is 12.3. The largest absolute Gasteiger partial charge is 0.452 e. The molecule has 1 N–H and O–H groups in total. The molecule has 11 heteroatoms. The minimum Gasteiger partial charge on any atom is -0.452 e. The minimum absolute atomic E-state index is 0.00782. The smallest absolute Gasteiger partial charge is 0.344 e. The summed E-state index contributed by atoms with van der Waals surface area (Å²) in [6, 6.07) is 5.26. The third-order valence-corrected chi connectivity index (χ3v) is 3.86. The lowest BCUT2D eigenvalue weighted by molar-refractivity contribution is -0.384. The van der Waals surface area contributed by atoms with Crippen molar-refractivity contribution in [3.8, 4) is 0 Å². The van der Waals surface area contributed by atoms with Crippen LogP contribution < -0.4 is 5.32 Å². The van der Waals surface area contributed by atoms with Gasteiger partial charge >= 0.3 is 5.97 Å². The number of hydrogen-bond acceptors (Lipinski definition) is 7. The molecular formula is C16H12ClN5O5. The number of amides is 1. The topological polar surface area (TPSA) is 129 Å². The molecule has 1 aromatic carbocycles. The van der Waals surface area contributed by atoms with E-state index in [1.807, 2.05) is 0 Å². The number of nitrogens with one attached hydrogen (secondary N) is 1. The van der Waals surface area contributed by atoms with Crippen LogP contribution in [-0.4, -0.2) is 38.0 Å². The van der Waals surface area contributed by atoms with Crippen molar-refractivity contribution in [2.24, 2.45) is 0 Å². The van der Waals surface area contributed by atoms with Gasteiger partial charge in [0.25, 0.3) is 11.6 Å². The molecule has 2 heterocycles. The van der Waals surface area contributed by atoms with Crippen molar-refractivity contribution in [3.05, 3.63) is 63.1 Å². The number of nitro benzene ring substituents is 1. The molecule has 27 heavy (non-hydrogen) atoms. The second-order valence-electron chi connectivity index (χ2n) is 5.39. The number of non-ortho nitro benzene ring substituents is 1. The number of anilines is 1. The molecule has 138 valence electrons. The first kappa shape index (κ1) is 18.3. The second-order valence-corrected chi connectivity index (χ2v) is 5.80. The van der Waals surface area contributed by atoms with E-state index in [2.05, 4.69) is 15.4 Å². The van der Waals surface area contributed by atoms with E-state index in [4.69, 9.17) is 16.3 Å². The molecule has 3 aromatic rings. The zero-order chi connectivity index (χ0) is 19.6. The van der Waals surface area contributed by atoms with E-state index < -0.39 is 23.4 Å². The van der Waals surface area contributed by atoms with Crippen LogP contribution in [0.5, 0.6) is 0 Å². The van der Waals surface area contributed by atoms with Gasteiger partial charge in [0.1, 0.15) is 5.56 Å². The molecule has 3 rings (SSSR count). The molecule has 0 fully saturated rings. The van der Waals surface area contributed by atoms with Crippen LogP contribution in [0.25, 0.3) is 5.65 Å². The van der Waals surface area contributed by atoms with Crippen LogP contribution in [0.15, 0.2) is 36.7 Å². The van der Waals surface area contributed by atoms with Crippen molar-refractivity contribution in [1.29, 1.82) is 0 Å². The summed E-state index contributed by atoms with van der Waals surface area (Å²) in [5.74, 6) is -1.40. The lowest BCUT2D eigenvalue weighted by Gasteiger charge is -2.08. The number of aromatic nitrogens is 3. The fourth-order valence-corrected chi connectivity index (χ4v) is 2.57.